The van der Waals surface area contributed by atoms with Gasteiger partial charge in [-0.3, -0.25) is 0 Å². The van der Waals surface area contributed by atoms with Crippen LogP contribution in [-0.2, 0) is 0 Å². The number of hydrogen-bond donors (Lipinski definition) is 1. The Morgan fingerprint density at radius 3 is 2.68 bits per heavy atom. The molecular weight excluding hydrogens is 357 g/mol. The van der Waals surface area contributed by atoms with E-state index < -0.39 is 0 Å². The standard InChI is InChI=1S/C13H14IN3O2/c1-2-7-18-12-11(15)13(17-8-16-12)19-10-6-4-3-5-9(10)14/h3-6,8H,2,7,15H2,1H3. The van der Waals surface area contributed by atoms with E-state index in [1.807, 2.05) is 31.2 Å². The van der Waals surface area contributed by atoms with Crippen LogP contribution in [0.4, 0.5) is 5.69 Å². The SMILES string of the molecule is CCCOc1ncnc(Oc2ccccc2I)c1N. The third kappa shape index (κ3) is 3.46. The highest BCUT2D eigenvalue weighted by molar-refractivity contribution is 14.1. The maximum atomic E-state index is 5.94. The van der Waals surface area contributed by atoms with E-state index in [4.69, 9.17) is 15.2 Å². The summed E-state index contributed by atoms with van der Waals surface area (Å²) < 4.78 is 12.1. The van der Waals surface area contributed by atoms with Crippen LogP contribution >= 0.6 is 22.6 Å². The van der Waals surface area contributed by atoms with Gasteiger partial charge in [-0.25, -0.2) is 0 Å². The number of aromatic nitrogens is 2. The molecule has 1 heterocycles. The minimum Gasteiger partial charge on any atom is -0.476 e. The van der Waals surface area contributed by atoms with Crippen molar-refractivity contribution in [2.45, 2.75) is 13.3 Å². The number of nitrogen functional groups attached to an aromatic ring is 1. The number of nitrogens with two attached hydrogens (primary N) is 1. The van der Waals surface area contributed by atoms with Gasteiger partial charge in [0.1, 0.15) is 12.1 Å². The second-order valence-electron chi connectivity index (χ2n) is 3.78. The smallest absolute Gasteiger partial charge is 0.249 e. The van der Waals surface area contributed by atoms with Gasteiger partial charge in [0.2, 0.25) is 11.8 Å². The summed E-state index contributed by atoms with van der Waals surface area (Å²) in [7, 11) is 0. The molecule has 2 aromatic rings. The number of ether oxygens (including phenoxy) is 2. The lowest BCUT2D eigenvalue weighted by Gasteiger charge is -2.11. The molecule has 2 N–H and O–H groups in total. The highest BCUT2D eigenvalue weighted by Crippen LogP contribution is 2.32. The van der Waals surface area contributed by atoms with Gasteiger partial charge < -0.3 is 15.2 Å². The van der Waals surface area contributed by atoms with Crippen molar-refractivity contribution < 1.29 is 9.47 Å². The van der Waals surface area contributed by atoms with E-state index >= 15 is 0 Å². The fourth-order valence-electron chi connectivity index (χ4n) is 1.39. The zero-order valence-electron chi connectivity index (χ0n) is 10.5. The first-order valence-corrected chi connectivity index (χ1v) is 6.96. The molecule has 1 aromatic carbocycles. The van der Waals surface area contributed by atoms with E-state index in [-0.39, 0.29) is 0 Å². The molecule has 0 fully saturated rings. The number of nitrogens with zero attached hydrogens (tertiary/aromatic N) is 2. The van der Waals surface area contributed by atoms with Crippen LogP contribution < -0.4 is 15.2 Å². The second-order valence-corrected chi connectivity index (χ2v) is 4.94. The summed E-state index contributed by atoms with van der Waals surface area (Å²) in [4.78, 5) is 8.04. The zero-order chi connectivity index (χ0) is 13.7. The average molecular weight is 371 g/mol. The number of rotatable bonds is 5. The molecule has 0 saturated heterocycles. The lowest BCUT2D eigenvalue weighted by Crippen LogP contribution is -2.04. The lowest BCUT2D eigenvalue weighted by atomic mass is 10.3. The molecule has 19 heavy (non-hydrogen) atoms. The molecule has 0 atom stereocenters. The largest absolute Gasteiger partial charge is 0.476 e. The summed E-state index contributed by atoms with van der Waals surface area (Å²) in [5.41, 5.74) is 6.26. The summed E-state index contributed by atoms with van der Waals surface area (Å²) in [6.45, 7) is 2.57. The molecule has 1 aromatic heterocycles. The highest BCUT2D eigenvalue weighted by Gasteiger charge is 2.12. The van der Waals surface area contributed by atoms with Crippen molar-refractivity contribution >= 4 is 28.3 Å². The Hall–Kier alpha value is -1.57. The van der Waals surface area contributed by atoms with Crippen molar-refractivity contribution in [2.24, 2.45) is 0 Å². The van der Waals surface area contributed by atoms with Crippen LogP contribution in [0, 0.1) is 3.57 Å². The van der Waals surface area contributed by atoms with E-state index in [2.05, 4.69) is 32.6 Å². The number of para-hydroxylation sites is 1. The Balaban J connectivity index is 2.23. The Kier molecular flexibility index (Phi) is 4.78. The molecule has 0 aliphatic rings. The molecule has 5 nitrogen and oxygen atoms in total. The molecule has 0 bridgehead atoms. The van der Waals surface area contributed by atoms with Crippen molar-refractivity contribution in [1.29, 1.82) is 0 Å². The molecule has 0 radical (unpaired) electrons. The zero-order valence-corrected chi connectivity index (χ0v) is 12.6. The van der Waals surface area contributed by atoms with Crippen LogP contribution in [0.15, 0.2) is 30.6 Å². The number of halogens is 1. The Bertz CT molecular complexity index is 563. The molecule has 0 aliphatic carbocycles. The van der Waals surface area contributed by atoms with Gasteiger partial charge in [-0.15, -0.1) is 0 Å². The van der Waals surface area contributed by atoms with E-state index in [0.29, 0.717) is 29.8 Å². The number of benzene rings is 1. The third-order valence-corrected chi connectivity index (χ3v) is 3.19. The molecule has 2 rings (SSSR count). The minimum absolute atomic E-state index is 0.310. The molecular formula is C13H14IN3O2. The second kappa shape index (κ2) is 6.55. The first-order chi connectivity index (χ1) is 9.22. The maximum absolute atomic E-state index is 5.94. The van der Waals surface area contributed by atoms with Crippen LogP contribution in [0.3, 0.4) is 0 Å². The molecule has 6 heteroatoms. The normalized spacial score (nSPS) is 10.2. The Morgan fingerprint density at radius 2 is 1.95 bits per heavy atom. The van der Waals surface area contributed by atoms with E-state index in [9.17, 15) is 0 Å². The monoisotopic (exact) mass is 371 g/mol. The van der Waals surface area contributed by atoms with Crippen molar-refractivity contribution in [1.82, 2.24) is 9.97 Å². The third-order valence-electron chi connectivity index (χ3n) is 2.30. The topological polar surface area (TPSA) is 70.3 Å². The predicted molar refractivity (Wildman–Crippen MR) is 81.5 cm³/mol. The summed E-state index contributed by atoms with van der Waals surface area (Å²) >= 11 is 2.19. The molecule has 0 saturated carbocycles. The molecule has 0 spiro atoms. The van der Waals surface area contributed by atoms with Crippen LogP contribution in [0.1, 0.15) is 13.3 Å². The van der Waals surface area contributed by atoms with Gasteiger partial charge in [0.15, 0.2) is 5.69 Å². The minimum atomic E-state index is 0.310. The van der Waals surface area contributed by atoms with Gasteiger partial charge in [-0.1, -0.05) is 19.1 Å². The van der Waals surface area contributed by atoms with Crippen molar-refractivity contribution in [2.75, 3.05) is 12.3 Å². The highest BCUT2D eigenvalue weighted by atomic mass is 127. The van der Waals surface area contributed by atoms with Crippen LogP contribution in [0.2, 0.25) is 0 Å². The lowest BCUT2D eigenvalue weighted by molar-refractivity contribution is 0.304. The van der Waals surface area contributed by atoms with Crippen LogP contribution in [0.25, 0.3) is 0 Å². The summed E-state index contributed by atoms with van der Waals surface area (Å²) in [6.07, 6.45) is 2.27. The molecule has 0 amide bonds. The first kappa shape index (κ1) is 13.9. The Labute approximate surface area is 125 Å². The van der Waals surface area contributed by atoms with Crippen LogP contribution in [-0.4, -0.2) is 16.6 Å². The van der Waals surface area contributed by atoms with Gasteiger partial charge >= 0.3 is 0 Å². The van der Waals surface area contributed by atoms with Gasteiger partial charge in [0.05, 0.1) is 10.2 Å². The first-order valence-electron chi connectivity index (χ1n) is 5.88. The maximum Gasteiger partial charge on any atom is 0.249 e. The molecule has 100 valence electrons. The van der Waals surface area contributed by atoms with Gasteiger partial charge in [-0.05, 0) is 41.1 Å². The predicted octanol–water partition coefficient (Wildman–Crippen LogP) is 3.24. The van der Waals surface area contributed by atoms with Crippen LogP contribution in [0.5, 0.6) is 17.5 Å². The summed E-state index contributed by atoms with van der Waals surface area (Å²) in [5, 5.41) is 0. The van der Waals surface area contributed by atoms with Crippen molar-refractivity contribution in [3.8, 4) is 17.5 Å². The fraction of sp³-hybridized carbons (Fsp3) is 0.231. The molecule has 0 aliphatic heterocycles. The quantitative estimate of drug-likeness (QED) is 0.818. The number of anilines is 1. The Morgan fingerprint density at radius 1 is 1.21 bits per heavy atom. The van der Waals surface area contributed by atoms with Gasteiger partial charge in [-0.2, -0.15) is 9.97 Å². The average Bonchev–Trinajstić information content (AvgIpc) is 2.42. The van der Waals surface area contributed by atoms with E-state index in [1.54, 1.807) is 0 Å². The van der Waals surface area contributed by atoms with Gasteiger partial charge in [0, 0.05) is 0 Å². The van der Waals surface area contributed by atoms with Crippen molar-refractivity contribution in [3.05, 3.63) is 34.2 Å². The van der Waals surface area contributed by atoms with Crippen molar-refractivity contribution in [3.63, 3.8) is 0 Å². The summed E-state index contributed by atoms with van der Waals surface area (Å²) in [6, 6.07) is 7.63. The fourth-order valence-corrected chi connectivity index (χ4v) is 1.89. The summed E-state index contributed by atoms with van der Waals surface area (Å²) in [5.74, 6) is 1.37. The van der Waals surface area contributed by atoms with E-state index in [1.165, 1.54) is 6.33 Å². The van der Waals surface area contributed by atoms with E-state index in [0.717, 1.165) is 9.99 Å². The molecule has 0 unspecified atom stereocenters. The number of hydrogen-bond acceptors (Lipinski definition) is 5. The van der Waals surface area contributed by atoms with Gasteiger partial charge in [0.25, 0.3) is 0 Å².